The lowest BCUT2D eigenvalue weighted by atomic mass is 10.5. The predicted octanol–water partition coefficient (Wildman–Crippen LogP) is 1.21. The van der Waals surface area contributed by atoms with E-state index >= 15 is 0 Å². The maximum absolute atomic E-state index is 10.6. The van der Waals surface area contributed by atoms with E-state index in [0.717, 1.165) is 11.0 Å². The van der Waals surface area contributed by atoms with Gasteiger partial charge in [0.1, 0.15) is 18.5 Å². The van der Waals surface area contributed by atoms with Crippen LogP contribution in [0.5, 0.6) is 0 Å². The number of carbonyl (C=O) groups is 1. The highest BCUT2D eigenvalue weighted by Crippen LogP contribution is 1.91. The molecule has 0 aliphatic heterocycles. The lowest BCUT2D eigenvalue weighted by molar-refractivity contribution is -0.870. The summed E-state index contributed by atoms with van der Waals surface area (Å²) < 4.78 is 5.68. The Kier molecular flexibility index (Phi) is 8.51. The summed E-state index contributed by atoms with van der Waals surface area (Å²) in [6.07, 6.45) is 0. The fraction of sp³-hybridized carbons (Fsp3) is 0.857. The quantitative estimate of drug-likeness (QED) is 0.443. The van der Waals surface area contributed by atoms with Crippen LogP contribution in [0, 0.1) is 0 Å². The maximum atomic E-state index is 10.6. The summed E-state index contributed by atoms with van der Waals surface area (Å²) in [5, 5.41) is 0.282. The molecule has 0 spiro atoms. The molecule has 0 aromatic heterocycles. The molecule has 0 saturated heterocycles. The second kappa shape index (κ2) is 6.86. The summed E-state index contributed by atoms with van der Waals surface area (Å²) in [5.41, 5.74) is 0. The number of likely N-dealkylation sites (N-methyl/N-ethyl adjacent to an activating group) is 1. The molecule has 0 bridgehead atoms. The third kappa shape index (κ3) is 10.4. The van der Waals surface area contributed by atoms with E-state index in [0.29, 0.717) is 6.61 Å². The van der Waals surface area contributed by atoms with Gasteiger partial charge < -0.3 is 9.22 Å². The number of hydrogen-bond acceptors (Lipinski definition) is 2. The van der Waals surface area contributed by atoms with E-state index in [9.17, 15) is 4.79 Å². The van der Waals surface area contributed by atoms with Crippen LogP contribution in [0.4, 0.5) is 0 Å². The molecule has 5 heteroatoms. The molecule has 74 valence electrons. The third-order valence-corrected chi connectivity index (χ3v) is 1.59. The fourth-order valence-electron chi connectivity index (χ4n) is 0.472. The number of halogens is 2. The van der Waals surface area contributed by atoms with E-state index in [2.05, 4.69) is 37.1 Å². The van der Waals surface area contributed by atoms with Gasteiger partial charge in [-0.1, -0.05) is 15.9 Å². The van der Waals surface area contributed by atoms with Crippen molar-refractivity contribution in [1.82, 2.24) is 0 Å². The first kappa shape index (κ1) is 14.9. The lowest BCUT2D eigenvalue weighted by Crippen LogP contribution is -2.38. The van der Waals surface area contributed by atoms with Gasteiger partial charge in [-0.15, -0.1) is 17.0 Å². The zero-order valence-electron chi connectivity index (χ0n) is 7.67. The highest BCUT2D eigenvalue weighted by Gasteiger charge is 2.07. The second-order valence-corrected chi connectivity index (χ2v) is 3.93. The van der Waals surface area contributed by atoms with Gasteiger partial charge in [0, 0.05) is 0 Å². The molecule has 0 heterocycles. The molecule has 0 atom stereocenters. The van der Waals surface area contributed by atoms with E-state index < -0.39 is 0 Å². The Balaban J connectivity index is 0. The van der Waals surface area contributed by atoms with Crippen LogP contribution in [0.15, 0.2) is 0 Å². The van der Waals surface area contributed by atoms with Crippen molar-refractivity contribution in [2.75, 3.05) is 39.6 Å². The number of quaternary nitrogens is 1. The Morgan fingerprint density at radius 2 is 1.92 bits per heavy atom. The van der Waals surface area contributed by atoms with Crippen LogP contribution >= 0.6 is 32.9 Å². The molecule has 0 fully saturated rings. The second-order valence-electron chi connectivity index (χ2n) is 3.37. The van der Waals surface area contributed by atoms with Gasteiger partial charge in [-0.05, 0) is 0 Å². The van der Waals surface area contributed by atoms with Gasteiger partial charge in [-0.25, -0.2) is 0 Å². The molecular weight excluding hydrogens is 290 g/mol. The number of alkyl halides is 1. The Hall–Kier alpha value is 0.390. The highest BCUT2D eigenvalue weighted by atomic mass is 79.9. The maximum Gasteiger partial charge on any atom is 0.316 e. The van der Waals surface area contributed by atoms with E-state index in [1.54, 1.807) is 0 Å². The first-order chi connectivity index (χ1) is 4.95. The molecule has 12 heavy (non-hydrogen) atoms. The zero-order valence-corrected chi connectivity index (χ0v) is 11.0. The van der Waals surface area contributed by atoms with Gasteiger partial charge in [0.05, 0.1) is 21.1 Å². The minimum absolute atomic E-state index is 0. The van der Waals surface area contributed by atoms with Crippen molar-refractivity contribution in [1.29, 1.82) is 0 Å². The minimum atomic E-state index is -0.196. The van der Waals surface area contributed by atoms with Gasteiger partial charge >= 0.3 is 5.97 Å². The molecule has 0 saturated carbocycles. The molecule has 0 unspecified atom stereocenters. The van der Waals surface area contributed by atoms with Crippen molar-refractivity contribution in [3.05, 3.63) is 0 Å². The molecule has 0 rings (SSSR count). The van der Waals surface area contributed by atoms with Crippen LogP contribution in [0.25, 0.3) is 0 Å². The molecule has 0 aromatic rings. The smallest absolute Gasteiger partial charge is 0.316 e. The van der Waals surface area contributed by atoms with E-state index in [-0.39, 0.29) is 28.3 Å². The number of esters is 1. The first-order valence-electron chi connectivity index (χ1n) is 3.48. The molecule has 0 radical (unpaired) electrons. The average molecular weight is 306 g/mol. The summed E-state index contributed by atoms with van der Waals surface area (Å²) in [6.45, 7) is 1.34. The number of carbonyl (C=O) groups excluding carboxylic acids is 1. The number of rotatable bonds is 4. The molecule has 0 aliphatic rings. The van der Waals surface area contributed by atoms with Crippen LogP contribution < -0.4 is 0 Å². The number of ether oxygens (including phenoxy) is 1. The first-order valence-corrected chi connectivity index (χ1v) is 4.60. The van der Waals surface area contributed by atoms with Gasteiger partial charge in [-0.3, -0.25) is 4.79 Å². The average Bonchev–Trinajstić information content (AvgIpc) is 1.85. The summed E-state index contributed by atoms with van der Waals surface area (Å²) in [4.78, 5) is 10.6. The van der Waals surface area contributed by atoms with Crippen molar-refractivity contribution in [3.8, 4) is 0 Å². The lowest BCUT2D eigenvalue weighted by Gasteiger charge is -2.23. The van der Waals surface area contributed by atoms with Gasteiger partial charge in [0.2, 0.25) is 0 Å². The zero-order chi connectivity index (χ0) is 8.91. The van der Waals surface area contributed by atoms with E-state index in [1.807, 2.05) is 0 Å². The van der Waals surface area contributed by atoms with E-state index in [4.69, 9.17) is 4.74 Å². The molecule has 0 aliphatic carbocycles. The van der Waals surface area contributed by atoms with Crippen molar-refractivity contribution < 1.29 is 14.0 Å². The van der Waals surface area contributed by atoms with Crippen molar-refractivity contribution >= 4 is 38.9 Å². The molecular formula is C7H16Br2NO2+. The number of hydrogen-bond donors (Lipinski definition) is 0. The molecule has 0 aromatic carbocycles. The summed E-state index contributed by atoms with van der Waals surface area (Å²) in [7, 11) is 6.17. The van der Waals surface area contributed by atoms with Crippen molar-refractivity contribution in [3.63, 3.8) is 0 Å². The van der Waals surface area contributed by atoms with Crippen LogP contribution in [0.2, 0.25) is 0 Å². The Labute approximate surface area is 92.6 Å². The third-order valence-electron chi connectivity index (χ3n) is 1.13. The van der Waals surface area contributed by atoms with Gasteiger partial charge in [0.15, 0.2) is 0 Å². The topological polar surface area (TPSA) is 26.3 Å². The molecule has 0 amide bonds. The summed E-state index contributed by atoms with van der Waals surface area (Å²) >= 11 is 3.02. The van der Waals surface area contributed by atoms with Gasteiger partial charge in [-0.2, -0.15) is 0 Å². The van der Waals surface area contributed by atoms with E-state index in [1.165, 1.54) is 0 Å². The standard InChI is InChI=1S/C7H15BrNO2.BrH/c1-9(2,3)4-5-11-7(10)6-8;/h4-6H2,1-3H3;1H/q+1;. The fourth-order valence-corrected chi connectivity index (χ4v) is 0.634. The molecule has 3 nitrogen and oxygen atoms in total. The predicted molar refractivity (Wildman–Crippen MR) is 58.0 cm³/mol. The van der Waals surface area contributed by atoms with Crippen molar-refractivity contribution in [2.24, 2.45) is 0 Å². The van der Waals surface area contributed by atoms with Crippen LogP contribution in [-0.2, 0) is 9.53 Å². The number of nitrogens with zero attached hydrogens (tertiary/aromatic N) is 1. The van der Waals surface area contributed by atoms with Crippen molar-refractivity contribution in [2.45, 2.75) is 0 Å². The normalized spacial score (nSPS) is 10.3. The van der Waals surface area contributed by atoms with Crippen LogP contribution in [0.3, 0.4) is 0 Å². The highest BCUT2D eigenvalue weighted by molar-refractivity contribution is 9.09. The largest absolute Gasteiger partial charge is 0.459 e. The summed E-state index contributed by atoms with van der Waals surface area (Å²) in [5.74, 6) is -0.196. The van der Waals surface area contributed by atoms with Crippen LogP contribution in [-0.4, -0.2) is 50.1 Å². The summed E-state index contributed by atoms with van der Waals surface area (Å²) in [6, 6.07) is 0. The van der Waals surface area contributed by atoms with Gasteiger partial charge in [0.25, 0.3) is 0 Å². The Morgan fingerprint density at radius 3 is 2.25 bits per heavy atom. The minimum Gasteiger partial charge on any atom is -0.459 e. The SMILES string of the molecule is Br.C[N+](C)(C)CCOC(=O)CBr. The molecule has 0 N–H and O–H groups in total. The monoisotopic (exact) mass is 304 g/mol. The Morgan fingerprint density at radius 1 is 1.42 bits per heavy atom. The Bertz CT molecular complexity index is 134. The van der Waals surface area contributed by atoms with Crippen LogP contribution in [0.1, 0.15) is 0 Å².